The summed E-state index contributed by atoms with van der Waals surface area (Å²) in [7, 11) is 5.07. The van der Waals surface area contributed by atoms with Crippen LogP contribution in [0.4, 0.5) is 0 Å². The predicted molar refractivity (Wildman–Crippen MR) is 185 cm³/mol. The molecule has 0 fully saturated rings. The van der Waals surface area contributed by atoms with Gasteiger partial charge in [0.25, 0.3) is 0 Å². The number of nitrogens with zero attached hydrogens (tertiary/aromatic N) is 1. The SMILES string of the molecule is COc1ccc(-c2ccc(-c3cn(-c4ccc(-c5ccc(OC)cc5)cc4)c4ccc(-c5ccc(OC)cc5)cc34)cc2)cc1. The normalized spacial score (nSPS) is 11.0. The van der Waals surface area contributed by atoms with E-state index in [1.54, 1.807) is 21.3 Å². The van der Waals surface area contributed by atoms with E-state index in [1.165, 1.54) is 10.9 Å². The van der Waals surface area contributed by atoms with E-state index in [0.29, 0.717) is 0 Å². The van der Waals surface area contributed by atoms with Crippen LogP contribution in [0.3, 0.4) is 0 Å². The molecule has 45 heavy (non-hydrogen) atoms. The fourth-order valence-electron chi connectivity index (χ4n) is 5.86. The molecule has 0 bridgehead atoms. The van der Waals surface area contributed by atoms with E-state index in [2.05, 4.69) is 114 Å². The van der Waals surface area contributed by atoms with E-state index in [1.807, 2.05) is 36.4 Å². The Labute approximate surface area is 263 Å². The highest BCUT2D eigenvalue weighted by molar-refractivity contribution is 5.99. The Morgan fingerprint density at radius 1 is 0.378 bits per heavy atom. The van der Waals surface area contributed by atoms with E-state index in [9.17, 15) is 0 Å². The average Bonchev–Trinajstić information content (AvgIpc) is 3.51. The molecule has 0 aliphatic rings. The van der Waals surface area contributed by atoms with Crippen molar-refractivity contribution in [3.8, 4) is 67.4 Å². The number of rotatable bonds is 8. The third-order valence-electron chi connectivity index (χ3n) is 8.42. The van der Waals surface area contributed by atoms with Crippen molar-refractivity contribution in [3.63, 3.8) is 0 Å². The van der Waals surface area contributed by atoms with Crippen molar-refractivity contribution >= 4 is 10.9 Å². The fourth-order valence-corrected chi connectivity index (χ4v) is 5.86. The minimum absolute atomic E-state index is 0.849. The highest BCUT2D eigenvalue weighted by Gasteiger charge is 2.14. The van der Waals surface area contributed by atoms with Crippen LogP contribution < -0.4 is 14.2 Å². The molecule has 0 spiro atoms. The van der Waals surface area contributed by atoms with Crippen molar-refractivity contribution in [1.29, 1.82) is 0 Å². The molecule has 6 aromatic carbocycles. The average molecular weight is 588 g/mol. The Kier molecular flexibility index (Phi) is 7.54. The van der Waals surface area contributed by atoms with Crippen LogP contribution in [-0.4, -0.2) is 25.9 Å². The van der Waals surface area contributed by atoms with Gasteiger partial charge < -0.3 is 18.8 Å². The second-order valence-corrected chi connectivity index (χ2v) is 11.0. The summed E-state index contributed by atoms with van der Waals surface area (Å²) in [6, 6.07) is 48.9. The Morgan fingerprint density at radius 3 is 1.18 bits per heavy atom. The molecule has 0 saturated heterocycles. The number of hydrogen-bond acceptors (Lipinski definition) is 3. The van der Waals surface area contributed by atoms with Crippen LogP contribution >= 0.6 is 0 Å². The molecule has 4 heteroatoms. The van der Waals surface area contributed by atoms with Gasteiger partial charge in [-0.1, -0.05) is 78.9 Å². The summed E-state index contributed by atoms with van der Waals surface area (Å²) in [6.45, 7) is 0. The van der Waals surface area contributed by atoms with E-state index in [0.717, 1.165) is 67.4 Å². The van der Waals surface area contributed by atoms with Crippen LogP contribution in [0.15, 0.2) is 146 Å². The molecule has 0 saturated carbocycles. The Morgan fingerprint density at radius 2 is 0.733 bits per heavy atom. The second-order valence-electron chi connectivity index (χ2n) is 11.0. The van der Waals surface area contributed by atoms with Gasteiger partial charge in [0.2, 0.25) is 0 Å². The lowest BCUT2D eigenvalue weighted by Crippen LogP contribution is -1.92. The smallest absolute Gasteiger partial charge is 0.118 e. The van der Waals surface area contributed by atoms with Gasteiger partial charge in [-0.2, -0.15) is 0 Å². The lowest BCUT2D eigenvalue weighted by Gasteiger charge is -2.09. The first-order valence-electron chi connectivity index (χ1n) is 14.9. The molecule has 0 amide bonds. The molecule has 7 aromatic rings. The first kappa shape index (κ1) is 28.1. The number of ether oxygens (including phenoxy) is 3. The van der Waals surface area contributed by atoms with Crippen LogP contribution in [0.25, 0.3) is 61.1 Å². The molecule has 1 aromatic heterocycles. The molecule has 220 valence electrons. The van der Waals surface area contributed by atoms with E-state index in [4.69, 9.17) is 14.2 Å². The van der Waals surface area contributed by atoms with Gasteiger partial charge in [-0.3, -0.25) is 0 Å². The van der Waals surface area contributed by atoms with Crippen molar-refractivity contribution in [2.45, 2.75) is 0 Å². The summed E-state index contributed by atoms with van der Waals surface area (Å²) in [4.78, 5) is 0. The maximum absolute atomic E-state index is 5.39. The summed E-state index contributed by atoms with van der Waals surface area (Å²) in [5, 5.41) is 1.19. The van der Waals surface area contributed by atoms with Crippen molar-refractivity contribution in [1.82, 2.24) is 4.57 Å². The van der Waals surface area contributed by atoms with Crippen LogP contribution in [0.2, 0.25) is 0 Å². The van der Waals surface area contributed by atoms with Gasteiger partial charge in [0.15, 0.2) is 0 Å². The number of aromatic nitrogens is 1. The van der Waals surface area contributed by atoms with Crippen LogP contribution in [-0.2, 0) is 0 Å². The zero-order chi connectivity index (χ0) is 30.8. The molecular formula is C41H33NO3. The zero-order valence-corrected chi connectivity index (χ0v) is 25.5. The maximum Gasteiger partial charge on any atom is 0.118 e. The maximum atomic E-state index is 5.39. The van der Waals surface area contributed by atoms with Crippen molar-refractivity contribution in [2.24, 2.45) is 0 Å². The summed E-state index contributed by atoms with van der Waals surface area (Å²) < 4.78 is 18.4. The minimum atomic E-state index is 0.849. The second kappa shape index (κ2) is 12.1. The highest BCUT2D eigenvalue weighted by atomic mass is 16.5. The molecular weight excluding hydrogens is 554 g/mol. The van der Waals surface area contributed by atoms with Crippen LogP contribution in [0.1, 0.15) is 0 Å². The zero-order valence-electron chi connectivity index (χ0n) is 25.5. The first-order chi connectivity index (χ1) is 22.1. The van der Waals surface area contributed by atoms with Crippen molar-refractivity contribution < 1.29 is 14.2 Å². The molecule has 1 heterocycles. The number of methoxy groups -OCH3 is 3. The van der Waals surface area contributed by atoms with Gasteiger partial charge in [0.05, 0.1) is 26.8 Å². The molecule has 0 N–H and O–H groups in total. The molecule has 0 unspecified atom stereocenters. The van der Waals surface area contributed by atoms with Gasteiger partial charge in [0, 0.05) is 22.8 Å². The van der Waals surface area contributed by atoms with Crippen molar-refractivity contribution in [2.75, 3.05) is 21.3 Å². The minimum Gasteiger partial charge on any atom is -0.497 e. The highest BCUT2D eigenvalue weighted by Crippen LogP contribution is 2.37. The summed E-state index contributed by atoms with van der Waals surface area (Å²) in [5.74, 6) is 2.56. The van der Waals surface area contributed by atoms with Gasteiger partial charge in [-0.05, 0) is 99.6 Å². The molecule has 0 aliphatic carbocycles. The molecule has 0 radical (unpaired) electrons. The van der Waals surface area contributed by atoms with Gasteiger partial charge >= 0.3 is 0 Å². The number of hydrogen-bond donors (Lipinski definition) is 0. The quantitative estimate of drug-likeness (QED) is 0.177. The molecule has 0 aliphatic heterocycles. The van der Waals surface area contributed by atoms with E-state index >= 15 is 0 Å². The summed E-state index contributed by atoms with van der Waals surface area (Å²) in [5.41, 5.74) is 11.6. The first-order valence-corrected chi connectivity index (χ1v) is 14.9. The summed E-state index contributed by atoms with van der Waals surface area (Å²) >= 11 is 0. The lowest BCUT2D eigenvalue weighted by atomic mass is 9.98. The van der Waals surface area contributed by atoms with E-state index < -0.39 is 0 Å². The monoisotopic (exact) mass is 587 g/mol. The van der Waals surface area contributed by atoms with E-state index in [-0.39, 0.29) is 0 Å². The Hall–Kier alpha value is -5.74. The number of benzene rings is 6. The fraction of sp³-hybridized carbons (Fsp3) is 0.0732. The lowest BCUT2D eigenvalue weighted by molar-refractivity contribution is 0.415. The van der Waals surface area contributed by atoms with Gasteiger partial charge in [0.1, 0.15) is 17.2 Å². The largest absolute Gasteiger partial charge is 0.497 e. The Balaban J connectivity index is 1.30. The third-order valence-corrected chi connectivity index (χ3v) is 8.42. The summed E-state index contributed by atoms with van der Waals surface area (Å²) in [6.07, 6.45) is 2.26. The Bertz CT molecular complexity index is 2060. The molecule has 4 nitrogen and oxygen atoms in total. The topological polar surface area (TPSA) is 32.6 Å². The molecule has 7 rings (SSSR count). The van der Waals surface area contributed by atoms with Crippen LogP contribution in [0.5, 0.6) is 17.2 Å². The standard InChI is InChI=1S/C41H33NO3/c1-43-36-19-10-30(11-20-36)28-4-6-33(7-5-28)40-27-42(35-17-8-29(9-18-35)31-12-21-37(44-2)22-13-31)41-25-16-34(26-39(40)41)32-14-23-38(45-3)24-15-32/h4-27H,1-3H3. The third kappa shape index (κ3) is 5.54. The van der Waals surface area contributed by atoms with Crippen LogP contribution in [0, 0.1) is 0 Å². The van der Waals surface area contributed by atoms with Gasteiger partial charge in [-0.25, -0.2) is 0 Å². The number of fused-ring (bicyclic) bond motifs is 1. The molecule has 0 atom stereocenters. The van der Waals surface area contributed by atoms with Gasteiger partial charge in [-0.15, -0.1) is 0 Å². The predicted octanol–water partition coefficient (Wildman–Crippen LogP) is 10.3. The van der Waals surface area contributed by atoms with Crippen molar-refractivity contribution in [3.05, 3.63) is 146 Å².